The lowest BCUT2D eigenvalue weighted by atomic mass is 9.97. The maximum absolute atomic E-state index is 12.1. The minimum Gasteiger partial charge on any atom is -0.378 e. The van der Waals surface area contributed by atoms with Crippen molar-refractivity contribution < 1.29 is 17.9 Å². The van der Waals surface area contributed by atoms with Crippen LogP contribution in [0.1, 0.15) is 17.2 Å². The molecule has 5 rings (SSSR count). The molecular formula is C26H26N4O4S. The third-order valence-electron chi connectivity index (χ3n) is 6.12. The number of sulfone groups is 1. The number of pyridine rings is 1. The van der Waals surface area contributed by atoms with E-state index in [9.17, 15) is 13.2 Å². The standard InChI is InChI=1S/C26H26N4O4S/c1-35(32,33)22-7-2-4-18(14-22)23-15-19-8-9-27-24(17-31)25(19)26(29-23)28-20-5-3-6-21(16-20)30-10-12-34-13-11-30/h2-9,14-17,24,27H,10-13H2,1H3,(H,28,29). The van der Waals surface area contributed by atoms with Gasteiger partial charge in [0.25, 0.3) is 0 Å². The van der Waals surface area contributed by atoms with Crippen molar-refractivity contribution in [1.29, 1.82) is 0 Å². The zero-order valence-corrected chi connectivity index (χ0v) is 20.1. The number of fused-ring (bicyclic) bond motifs is 1. The highest BCUT2D eigenvalue weighted by Crippen LogP contribution is 2.35. The molecule has 180 valence electrons. The van der Waals surface area contributed by atoms with Gasteiger partial charge in [-0.1, -0.05) is 18.2 Å². The van der Waals surface area contributed by atoms with Crippen LogP contribution in [0.25, 0.3) is 17.3 Å². The monoisotopic (exact) mass is 490 g/mol. The van der Waals surface area contributed by atoms with Crippen LogP contribution in [0.15, 0.2) is 65.7 Å². The maximum atomic E-state index is 12.1. The van der Waals surface area contributed by atoms with Gasteiger partial charge in [-0.2, -0.15) is 0 Å². The fraction of sp³-hybridized carbons (Fsp3) is 0.231. The summed E-state index contributed by atoms with van der Waals surface area (Å²) in [5.41, 5.74) is 4.77. The van der Waals surface area contributed by atoms with Crippen LogP contribution in [0.4, 0.5) is 17.2 Å². The van der Waals surface area contributed by atoms with Crippen LogP contribution in [-0.2, 0) is 19.4 Å². The van der Waals surface area contributed by atoms with Gasteiger partial charge in [-0.3, -0.25) is 0 Å². The van der Waals surface area contributed by atoms with E-state index >= 15 is 0 Å². The average molecular weight is 491 g/mol. The number of hydrogen-bond acceptors (Lipinski definition) is 8. The van der Waals surface area contributed by atoms with Crippen LogP contribution in [-0.4, -0.2) is 52.2 Å². The molecule has 0 bridgehead atoms. The van der Waals surface area contributed by atoms with E-state index in [1.54, 1.807) is 24.4 Å². The first-order valence-corrected chi connectivity index (χ1v) is 13.2. The van der Waals surface area contributed by atoms with Crippen LogP contribution >= 0.6 is 0 Å². The number of hydrogen-bond donors (Lipinski definition) is 2. The largest absolute Gasteiger partial charge is 0.378 e. The lowest BCUT2D eigenvalue weighted by Crippen LogP contribution is -2.36. The summed E-state index contributed by atoms with van der Waals surface area (Å²) in [6.45, 7) is 3.04. The van der Waals surface area contributed by atoms with Crippen molar-refractivity contribution in [2.24, 2.45) is 0 Å². The van der Waals surface area contributed by atoms with Gasteiger partial charge in [0.2, 0.25) is 0 Å². The first-order chi connectivity index (χ1) is 16.9. The summed E-state index contributed by atoms with van der Waals surface area (Å²) in [6, 6.07) is 16.1. The number of rotatable bonds is 6. The van der Waals surface area contributed by atoms with E-state index in [1.165, 1.54) is 6.26 Å². The molecule has 0 saturated carbocycles. The van der Waals surface area contributed by atoms with E-state index in [-0.39, 0.29) is 4.90 Å². The lowest BCUT2D eigenvalue weighted by Gasteiger charge is -2.29. The highest BCUT2D eigenvalue weighted by Gasteiger charge is 2.23. The van der Waals surface area contributed by atoms with Gasteiger partial charge in [0.05, 0.1) is 23.8 Å². The quantitative estimate of drug-likeness (QED) is 0.506. The van der Waals surface area contributed by atoms with Crippen LogP contribution < -0.4 is 15.5 Å². The summed E-state index contributed by atoms with van der Waals surface area (Å²) in [7, 11) is -3.36. The van der Waals surface area contributed by atoms with Crippen molar-refractivity contribution in [2.75, 3.05) is 42.8 Å². The second-order valence-electron chi connectivity index (χ2n) is 8.55. The number of ether oxygens (including phenoxy) is 1. The highest BCUT2D eigenvalue weighted by molar-refractivity contribution is 7.90. The molecular weight excluding hydrogens is 464 g/mol. The topological polar surface area (TPSA) is 101 Å². The fourth-order valence-corrected chi connectivity index (χ4v) is 5.01. The van der Waals surface area contributed by atoms with E-state index in [0.29, 0.717) is 30.3 Å². The number of morpholine rings is 1. The molecule has 1 aromatic heterocycles. The van der Waals surface area contributed by atoms with Crippen LogP contribution in [0.5, 0.6) is 0 Å². The van der Waals surface area contributed by atoms with Crippen molar-refractivity contribution >= 4 is 39.4 Å². The van der Waals surface area contributed by atoms with Crippen LogP contribution in [0.2, 0.25) is 0 Å². The third kappa shape index (κ3) is 4.91. The third-order valence-corrected chi connectivity index (χ3v) is 7.23. The summed E-state index contributed by atoms with van der Waals surface area (Å²) in [6.07, 6.45) is 5.66. The SMILES string of the molecule is CS(=O)(=O)c1cccc(-c2cc3c(c(Nc4cccc(N5CCOCC5)c4)n2)C(C=O)NC=C3)c1. The van der Waals surface area contributed by atoms with E-state index in [4.69, 9.17) is 9.72 Å². The summed E-state index contributed by atoms with van der Waals surface area (Å²) in [5, 5.41) is 6.48. The molecule has 0 spiro atoms. The molecule has 8 nitrogen and oxygen atoms in total. The van der Waals surface area contributed by atoms with E-state index in [2.05, 4.69) is 27.7 Å². The number of benzene rings is 2. The lowest BCUT2D eigenvalue weighted by molar-refractivity contribution is -0.109. The summed E-state index contributed by atoms with van der Waals surface area (Å²) in [4.78, 5) is 19.2. The van der Waals surface area contributed by atoms with Crippen molar-refractivity contribution in [3.8, 4) is 11.3 Å². The van der Waals surface area contributed by atoms with Gasteiger partial charge in [0, 0.05) is 41.8 Å². The van der Waals surface area contributed by atoms with E-state index in [0.717, 1.165) is 41.9 Å². The van der Waals surface area contributed by atoms with Crippen LogP contribution in [0.3, 0.4) is 0 Å². The predicted molar refractivity (Wildman–Crippen MR) is 137 cm³/mol. The summed E-state index contributed by atoms with van der Waals surface area (Å²) < 4.78 is 29.7. The number of carbonyl (C=O) groups is 1. The number of nitrogens with zero attached hydrogens (tertiary/aromatic N) is 2. The Kier molecular flexibility index (Phi) is 6.27. The molecule has 1 atom stereocenters. The molecule has 35 heavy (non-hydrogen) atoms. The Bertz CT molecular complexity index is 1400. The number of aromatic nitrogens is 1. The fourth-order valence-electron chi connectivity index (χ4n) is 4.34. The molecule has 1 fully saturated rings. The second kappa shape index (κ2) is 9.52. The van der Waals surface area contributed by atoms with E-state index < -0.39 is 15.9 Å². The first-order valence-electron chi connectivity index (χ1n) is 11.4. The minimum absolute atomic E-state index is 0.227. The second-order valence-corrected chi connectivity index (χ2v) is 10.6. The van der Waals surface area contributed by atoms with Crippen molar-refractivity contribution in [1.82, 2.24) is 10.3 Å². The molecule has 2 aliphatic heterocycles. The Labute approximate surface area is 204 Å². The van der Waals surface area contributed by atoms with E-state index in [1.807, 2.05) is 30.3 Å². The van der Waals surface area contributed by atoms with Crippen molar-refractivity contribution in [3.63, 3.8) is 0 Å². The molecule has 2 aromatic carbocycles. The van der Waals surface area contributed by atoms with Gasteiger partial charge in [-0.25, -0.2) is 13.4 Å². The molecule has 9 heteroatoms. The zero-order valence-electron chi connectivity index (χ0n) is 19.3. The molecule has 3 heterocycles. The molecule has 2 aliphatic rings. The molecule has 0 aliphatic carbocycles. The van der Waals surface area contributed by atoms with Gasteiger partial charge in [-0.15, -0.1) is 0 Å². The Morgan fingerprint density at radius 1 is 1.11 bits per heavy atom. The molecule has 1 unspecified atom stereocenters. The number of carbonyl (C=O) groups excluding carboxylic acids is 1. The molecule has 1 saturated heterocycles. The number of nitrogens with one attached hydrogen (secondary N) is 2. The smallest absolute Gasteiger partial charge is 0.175 e. The summed E-state index contributed by atoms with van der Waals surface area (Å²) in [5.74, 6) is 0.537. The summed E-state index contributed by atoms with van der Waals surface area (Å²) >= 11 is 0. The Balaban J connectivity index is 1.58. The van der Waals surface area contributed by atoms with Gasteiger partial charge in [0.15, 0.2) is 9.84 Å². The molecule has 3 aromatic rings. The highest BCUT2D eigenvalue weighted by atomic mass is 32.2. The van der Waals surface area contributed by atoms with Gasteiger partial charge >= 0.3 is 0 Å². The van der Waals surface area contributed by atoms with Gasteiger partial charge in [0.1, 0.15) is 18.1 Å². The first kappa shape index (κ1) is 23.1. The molecule has 2 N–H and O–H groups in total. The minimum atomic E-state index is -3.36. The van der Waals surface area contributed by atoms with Crippen molar-refractivity contribution in [3.05, 3.63) is 71.9 Å². The zero-order chi connectivity index (χ0) is 24.4. The Morgan fingerprint density at radius 3 is 2.69 bits per heavy atom. The average Bonchev–Trinajstić information content (AvgIpc) is 2.88. The molecule has 0 amide bonds. The van der Waals surface area contributed by atoms with Crippen LogP contribution in [0, 0.1) is 0 Å². The molecule has 0 radical (unpaired) electrons. The normalized spacial score (nSPS) is 17.4. The van der Waals surface area contributed by atoms with Crippen molar-refractivity contribution in [2.45, 2.75) is 10.9 Å². The number of aldehydes is 1. The van der Waals surface area contributed by atoms with Gasteiger partial charge < -0.3 is 25.1 Å². The Hall–Kier alpha value is -3.69. The maximum Gasteiger partial charge on any atom is 0.175 e. The predicted octanol–water partition coefficient (Wildman–Crippen LogP) is 3.55. The number of anilines is 3. The van der Waals surface area contributed by atoms with Gasteiger partial charge in [-0.05, 0) is 54.2 Å². The Morgan fingerprint density at radius 2 is 1.91 bits per heavy atom.